The number of hydrogen-bond acceptors (Lipinski definition) is 4. The molecule has 2 rings (SSSR count). The fourth-order valence-corrected chi connectivity index (χ4v) is 1.15. The maximum Gasteiger partial charge on any atom is 0.174 e. The van der Waals surface area contributed by atoms with Gasteiger partial charge < -0.3 is 9.26 Å². The van der Waals surface area contributed by atoms with Gasteiger partial charge in [0.1, 0.15) is 6.61 Å². The van der Waals surface area contributed by atoms with Crippen molar-refractivity contribution in [2.45, 2.75) is 26.5 Å². The topological polar surface area (TPSA) is 53.1 Å². The van der Waals surface area contributed by atoms with Crippen LogP contribution in [0.1, 0.15) is 25.6 Å². The van der Waals surface area contributed by atoms with Crippen LogP contribution in [-0.4, -0.2) is 14.9 Å². The molecule has 0 fully saturated rings. The Balaban J connectivity index is 1.94. The fraction of sp³-hybridized carbons (Fsp3) is 0.400. The van der Waals surface area contributed by atoms with E-state index < -0.39 is 0 Å². The summed E-state index contributed by atoms with van der Waals surface area (Å²) in [5, 5.41) is 7.75. The van der Waals surface area contributed by atoms with Crippen molar-refractivity contribution in [2.24, 2.45) is 0 Å². The molecule has 0 aliphatic rings. The van der Waals surface area contributed by atoms with Crippen LogP contribution in [0, 0.1) is 0 Å². The molecule has 0 atom stereocenters. The van der Waals surface area contributed by atoms with Crippen molar-refractivity contribution in [1.29, 1.82) is 0 Å². The third-order valence-corrected chi connectivity index (χ3v) is 1.98. The molecule has 0 aliphatic heterocycles. The molecular weight excluding hydrogens is 194 g/mol. The molecule has 0 aliphatic carbocycles. The Morgan fingerprint density at radius 1 is 1.53 bits per heavy atom. The molecule has 0 radical (unpaired) electrons. The molecule has 0 amide bonds. The summed E-state index contributed by atoms with van der Waals surface area (Å²) in [7, 11) is 0. The van der Waals surface area contributed by atoms with Crippen LogP contribution in [-0.2, 0) is 6.61 Å². The highest BCUT2D eigenvalue weighted by molar-refractivity contribution is 5.12. The molecule has 2 heterocycles. The molecule has 0 aromatic carbocycles. The average Bonchev–Trinajstić information content (AvgIpc) is 2.86. The Hall–Kier alpha value is -1.78. The number of aromatic nitrogens is 3. The van der Waals surface area contributed by atoms with Crippen LogP contribution < -0.4 is 4.74 Å². The zero-order valence-electron chi connectivity index (χ0n) is 8.75. The number of nitrogens with zero attached hydrogens (tertiary/aromatic N) is 3. The Bertz CT molecular complexity index is 406. The van der Waals surface area contributed by atoms with Gasteiger partial charge in [0.2, 0.25) is 0 Å². The lowest BCUT2D eigenvalue weighted by Gasteiger charge is -2.03. The zero-order chi connectivity index (χ0) is 10.7. The quantitative estimate of drug-likeness (QED) is 0.769. The molecule has 2 aromatic heterocycles. The van der Waals surface area contributed by atoms with E-state index in [-0.39, 0.29) is 0 Å². The summed E-state index contributed by atoms with van der Waals surface area (Å²) in [6.07, 6.45) is 5.15. The maximum atomic E-state index is 5.46. The summed E-state index contributed by atoms with van der Waals surface area (Å²) in [6, 6.07) is 2.11. The van der Waals surface area contributed by atoms with E-state index in [4.69, 9.17) is 9.26 Å². The van der Waals surface area contributed by atoms with Crippen LogP contribution in [0.15, 0.2) is 29.2 Å². The van der Waals surface area contributed by atoms with Gasteiger partial charge in [-0.25, -0.2) is 0 Å². The standard InChI is InChI=1S/C10H13N3O2/c1-8(2)13-6-10(5-11-13)14-7-9-3-4-12-15-9/h3-6,8H,7H2,1-2H3. The monoisotopic (exact) mass is 207 g/mol. The first kappa shape index (κ1) is 9.76. The van der Waals surface area contributed by atoms with E-state index in [1.54, 1.807) is 18.5 Å². The highest BCUT2D eigenvalue weighted by Gasteiger charge is 2.03. The van der Waals surface area contributed by atoms with Gasteiger partial charge in [0.25, 0.3) is 0 Å². The maximum absolute atomic E-state index is 5.46. The van der Waals surface area contributed by atoms with Crippen LogP contribution in [0.4, 0.5) is 0 Å². The van der Waals surface area contributed by atoms with E-state index in [0.29, 0.717) is 18.4 Å². The summed E-state index contributed by atoms with van der Waals surface area (Å²) in [4.78, 5) is 0. The van der Waals surface area contributed by atoms with Gasteiger partial charge >= 0.3 is 0 Å². The average molecular weight is 207 g/mol. The smallest absolute Gasteiger partial charge is 0.174 e. The SMILES string of the molecule is CC(C)n1cc(OCc2ccno2)cn1. The van der Waals surface area contributed by atoms with Crippen molar-refractivity contribution >= 4 is 0 Å². The highest BCUT2D eigenvalue weighted by atomic mass is 16.5. The minimum Gasteiger partial charge on any atom is -0.482 e. The van der Waals surface area contributed by atoms with Crippen molar-refractivity contribution in [3.63, 3.8) is 0 Å². The normalized spacial score (nSPS) is 10.9. The van der Waals surface area contributed by atoms with E-state index in [1.165, 1.54) is 0 Å². The largest absolute Gasteiger partial charge is 0.482 e. The van der Waals surface area contributed by atoms with Gasteiger partial charge in [0.05, 0.1) is 18.6 Å². The second-order valence-corrected chi connectivity index (χ2v) is 3.52. The second-order valence-electron chi connectivity index (χ2n) is 3.52. The minimum atomic E-state index is 0.340. The van der Waals surface area contributed by atoms with Crippen LogP contribution >= 0.6 is 0 Å². The van der Waals surface area contributed by atoms with Gasteiger partial charge in [0.15, 0.2) is 11.5 Å². The molecule has 0 N–H and O–H groups in total. The molecule has 0 spiro atoms. The van der Waals surface area contributed by atoms with Crippen LogP contribution in [0.25, 0.3) is 0 Å². The molecule has 0 saturated carbocycles. The summed E-state index contributed by atoms with van der Waals surface area (Å²) in [6.45, 7) is 4.50. The van der Waals surface area contributed by atoms with E-state index in [0.717, 1.165) is 5.75 Å². The third-order valence-electron chi connectivity index (χ3n) is 1.98. The molecule has 5 nitrogen and oxygen atoms in total. The lowest BCUT2D eigenvalue weighted by Crippen LogP contribution is -2.00. The van der Waals surface area contributed by atoms with E-state index in [2.05, 4.69) is 24.1 Å². The summed E-state index contributed by atoms with van der Waals surface area (Å²) < 4.78 is 12.2. The fourth-order valence-electron chi connectivity index (χ4n) is 1.15. The summed E-state index contributed by atoms with van der Waals surface area (Å²) in [5.74, 6) is 1.44. The van der Waals surface area contributed by atoms with Gasteiger partial charge in [-0.3, -0.25) is 4.68 Å². The van der Waals surface area contributed by atoms with Crippen molar-refractivity contribution in [3.8, 4) is 5.75 Å². The van der Waals surface area contributed by atoms with Gasteiger partial charge in [-0.1, -0.05) is 5.16 Å². The Kier molecular flexibility index (Phi) is 2.71. The van der Waals surface area contributed by atoms with E-state index >= 15 is 0 Å². The van der Waals surface area contributed by atoms with E-state index in [1.807, 2.05) is 10.9 Å². The Morgan fingerprint density at radius 2 is 2.40 bits per heavy atom. The van der Waals surface area contributed by atoms with E-state index in [9.17, 15) is 0 Å². The first-order chi connectivity index (χ1) is 7.25. The van der Waals surface area contributed by atoms with Crippen molar-refractivity contribution in [1.82, 2.24) is 14.9 Å². The predicted octanol–water partition coefficient (Wildman–Crippen LogP) is 2.03. The molecule has 0 unspecified atom stereocenters. The molecular formula is C10H13N3O2. The second kappa shape index (κ2) is 4.16. The number of ether oxygens (including phenoxy) is 1. The number of hydrogen-bond donors (Lipinski definition) is 0. The Morgan fingerprint density at radius 3 is 3.00 bits per heavy atom. The van der Waals surface area contributed by atoms with Gasteiger partial charge in [0, 0.05) is 12.1 Å². The minimum absolute atomic E-state index is 0.340. The van der Waals surface area contributed by atoms with Gasteiger partial charge in [-0.2, -0.15) is 5.10 Å². The lowest BCUT2D eigenvalue weighted by molar-refractivity contribution is 0.249. The van der Waals surface area contributed by atoms with Gasteiger partial charge in [-0.15, -0.1) is 0 Å². The first-order valence-electron chi connectivity index (χ1n) is 4.82. The van der Waals surface area contributed by atoms with Crippen LogP contribution in [0.2, 0.25) is 0 Å². The summed E-state index contributed by atoms with van der Waals surface area (Å²) in [5.41, 5.74) is 0. The zero-order valence-corrected chi connectivity index (χ0v) is 8.75. The predicted molar refractivity (Wildman–Crippen MR) is 53.4 cm³/mol. The van der Waals surface area contributed by atoms with Crippen molar-refractivity contribution < 1.29 is 9.26 Å². The van der Waals surface area contributed by atoms with Crippen LogP contribution in [0.5, 0.6) is 5.75 Å². The summed E-state index contributed by atoms with van der Waals surface area (Å²) >= 11 is 0. The molecule has 0 saturated heterocycles. The lowest BCUT2D eigenvalue weighted by atomic mass is 10.4. The highest BCUT2D eigenvalue weighted by Crippen LogP contribution is 2.13. The first-order valence-corrected chi connectivity index (χ1v) is 4.82. The van der Waals surface area contributed by atoms with Crippen LogP contribution in [0.3, 0.4) is 0 Å². The third kappa shape index (κ3) is 2.37. The Labute approximate surface area is 87.6 Å². The van der Waals surface area contributed by atoms with Gasteiger partial charge in [-0.05, 0) is 13.8 Å². The molecule has 15 heavy (non-hydrogen) atoms. The molecule has 5 heteroatoms. The molecule has 0 bridgehead atoms. The molecule has 2 aromatic rings. The number of rotatable bonds is 4. The molecule has 80 valence electrons. The van der Waals surface area contributed by atoms with Crippen molar-refractivity contribution in [2.75, 3.05) is 0 Å². The van der Waals surface area contributed by atoms with Crippen molar-refractivity contribution in [3.05, 3.63) is 30.4 Å².